The molecular weight excluding hydrogens is 248 g/mol. The molecule has 1 aliphatic heterocycles. The Bertz CT molecular complexity index is 384. The molecule has 0 aromatic heterocycles. The summed E-state index contributed by atoms with van der Waals surface area (Å²) in [4.78, 5) is 15.0. The Kier molecular flexibility index (Phi) is 3.60. The molecule has 0 spiro atoms. The summed E-state index contributed by atoms with van der Waals surface area (Å²) in [6, 6.07) is 0.0439. The van der Waals surface area contributed by atoms with Gasteiger partial charge in [0.05, 0.1) is 12.2 Å². The lowest BCUT2D eigenvalue weighted by Crippen LogP contribution is -2.44. The molecule has 3 nitrogen and oxygen atoms in total. The fourth-order valence-corrected chi connectivity index (χ4v) is 4.13. The molecule has 0 bridgehead atoms. The molecule has 3 rings (SSSR count). The van der Waals surface area contributed by atoms with E-state index in [4.69, 9.17) is 0 Å². The summed E-state index contributed by atoms with van der Waals surface area (Å²) in [6.07, 6.45) is 6.85. The first-order valence-electron chi connectivity index (χ1n) is 8.46. The van der Waals surface area contributed by atoms with Crippen molar-refractivity contribution in [1.82, 2.24) is 10.2 Å². The van der Waals surface area contributed by atoms with Gasteiger partial charge >= 0.3 is 0 Å². The second-order valence-corrected chi connectivity index (χ2v) is 8.26. The molecule has 1 N–H and O–H groups in total. The SMILES string of the molecule is CC(C)C1NC(C2CCCC2)N(CC2CC2(C)C)C1=O. The van der Waals surface area contributed by atoms with Crippen molar-refractivity contribution in [1.29, 1.82) is 0 Å². The van der Waals surface area contributed by atoms with Gasteiger partial charge in [-0.1, -0.05) is 40.5 Å². The fraction of sp³-hybridized carbons (Fsp3) is 0.941. The van der Waals surface area contributed by atoms with Crippen molar-refractivity contribution < 1.29 is 4.79 Å². The highest BCUT2D eigenvalue weighted by atomic mass is 16.2. The summed E-state index contributed by atoms with van der Waals surface area (Å²) in [6.45, 7) is 9.95. The highest BCUT2D eigenvalue weighted by Gasteiger charge is 2.51. The van der Waals surface area contributed by atoms with E-state index in [1.165, 1.54) is 32.1 Å². The Hall–Kier alpha value is -0.570. The maximum absolute atomic E-state index is 12.8. The molecule has 2 aliphatic carbocycles. The lowest BCUT2D eigenvalue weighted by atomic mass is 10.0. The molecule has 1 heterocycles. The molecular formula is C17H30N2O. The Morgan fingerprint density at radius 1 is 1.30 bits per heavy atom. The topological polar surface area (TPSA) is 32.3 Å². The molecule has 1 amide bonds. The van der Waals surface area contributed by atoms with Crippen molar-refractivity contribution in [2.24, 2.45) is 23.2 Å². The number of nitrogens with zero attached hydrogens (tertiary/aromatic N) is 1. The van der Waals surface area contributed by atoms with Crippen LogP contribution in [0.5, 0.6) is 0 Å². The van der Waals surface area contributed by atoms with Crippen LogP contribution < -0.4 is 5.32 Å². The molecule has 0 radical (unpaired) electrons. The van der Waals surface area contributed by atoms with E-state index in [0.29, 0.717) is 35.2 Å². The van der Waals surface area contributed by atoms with E-state index < -0.39 is 0 Å². The number of hydrogen-bond acceptors (Lipinski definition) is 2. The minimum Gasteiger partial charge on any atom is -0.325 e. The van der Waals surface area contributed by atoms with Crippen LogP contribution in [0.3, 0.4) is 0 Å². The Labute approximate surface area is 123 Å². The summed E-state index contributed by atoms with van der Waals surface area (Å²) in [5.74, 6) is 2.15. The maximum atomic E-state index is 12.8. The summed E-state index contributed by atoms with van der Waals surface area (Å²) >= 11 is 0. The van der Waals surface area contributed by atoms with Gasteiger partial charge in [-0.2, -0.15) is 0 Å². The van der Waals surface area contributed by atoms with Crippen LogP contribution in [-0.2, 0) is 4.79 Å². The minimum atomic E-state index is 0.0439. The van der Waals surface area contributed by atoms with Gasteiger partial charge in [0.1, 0.15) is 0 Å². The second kappa shape index (κ2) is 5.01. The van der Waals surface area contributed by atoms with Crippen LogP contribution in [0, 0.1) is 23.2 Å². The number of hydrogen-bond donors (Lipinski definition) is 1. The van der Waals surface area contributed by atoms with Crippen LogP contribution in [0.15, 0.2) is 0 Å². The number of rotatable bonds is 4. The number of carbonyl (C=O) groups excluding carboxylic acids is 1. The number of amides is 1. The summed E-state index contributed by atoms with van der Waals surface area (Å²) < 4.78 is 0. The smallest absolute Gasteiger partial charge is 0.241 e. The van der Waals surface area contributed by atoms with Gasteiger partial charge in [-0.15, -0.1) is 0 Å². The average Bonchev–Trinajstić information content (AvgIpc) is 2.77. The van der Waals surface area contributed by atoms with Gasteiger partial charge in [-0.05, 0) is 42.4 Å². The van der Waals surface area contributed by atoms with E-state index in [1.54, 1.807) is 0 Å². The first-order chi connectivity index (χ1) is 9.40. The molecule has 3 atom stereocenters. The van der Waals surface area contributed by atoms with Gasteiger partial charge in [0.2, 0.25) is 5.91 Å². The molecule has 3 unspecified atom stereocenters. The highest BCUT2D eigenvalue weighted by Crippen LogP contribution is 2.52. The molecule has 1 saturated heterocycles. The fourth-order valence-electron chi connectivity index (χ4n) is 4.13. The lowest BCUT2D eigenvalue weighted by Gasteiger charge is -2.29. The first kappa shape index (κ1) is 14.4. The Balaban J connectivity index is 1.73. The largest absolute Gasteiger partial charge is 0.325 e. The van der Waals surface area contributed by atoms with Crippen LogP contribution in [0.4, 0.5) is 0 Å². The molecule has 2 saturated carbocycles. The zero-order valence-electron chi connectivity index (χ0n) is 13.5. The van der Waals surface area contributed by atoms with E-state index >= 15 is 0 Å². The van der Waals surface area contributed by atoms with Crippen LogP contribution in [0.1, 0.15) is 59.8 Å². The lowest BCUT2D eigenvalue weighted by molar-refractivity contribution is -0.131. The summed E-state index contributed by atoms with van der Waals surface area (Å²) in [7, 11) is 0. The van der Waals surface area contributed by atoms with E-state index in [-0.39, 0.29) is 6.04 Å². The molecule has 3 fully saturated rings. The highest BCUT2D eigenvalue weighted by molar-refractivity contribution is 5.84. The standard InChI is InChI=1S/C17H30N2O/c1-11(2)14-16(20)19(10-13-9-17(13,3)4)15(18-14)12-7-5-6-8-12/h11-15,18H,5-10H2,1-4H3. The maximum Gasteiger partial charge on any atom is 0.241 e. The number of nitrogens with one attached hydrogen (secondary N) is 1. The third kappa shape index (κ3) is 2.49. The van der Waals surface area contributed by atoms with Crippen molar-refractivity contribution >= 4 is 5.91 Å². The third-order valence-electron chi connectivity index (χ3n) is 5.88. The van der Waals surface area contributed by atoms with Crippen LogP contribution >= 0.6 is 0 Å². The normalized spacial score (nSPS) is 37.1. The van der Waals surface area contributed by atoms with Crippen LogP contribution in [0.2, 0.25) is 0 Å². The molecule has 20 heavy (non-hydrogen) atoms. The Morgan fingerprint density at radius 3 is 2.40 bits per heavy atom. The molecule has 0 aromatic rings. The van der Waals surface area contributed by atoms with Crippen LogP contribution in [0.25, 0.3) is 0 Å². The predicted molar refractivity (Wildman–Crippen MR) is 81.1 cm³/mol. The summed E-state index contributed by atoms with van der Waals surface area (Å²) in [5.41, 5.74) is 0.455. The zero-order valence-corrected chi connectivity index (χ0v) is 13.5. The van der Waals surface area contributed by atoms with E-state index in [2.05, 4.69) is 37.9 Å². The van der Waals surface area contributed by atoms with Crippen molar-refractivity contribution in [2.45, 2.75) is 72.0 Å². The van der Waals surface area contributed by atoms with Gasteiger partial charge in [-0.3, -0.25) is 10.1 Å². The zero-order chi connectivity index (χ0) is 14.5. The van der Waals surface area contributed by atoms with Gasteiger partial charge < -0.3 is 4.90 Å². The average molecular weight is 278 g/mol. The molecule has 3 aliphatic rings. The third-order valence-corrected chi connectivity index (χ3v) is 5.88. The van der Waals surface area contributed by atoms with Crippen molar-refractivity contribution in [3.8, 4) is 0 Å². The summed E-state index contributed by atoms with van der Waals surface area (Å²) in [5, 5.41) is 3.67. The van der Waals surface area contributed by atoms with Gasteiger partial charge in [0, 0.05) is 6.54 Å². The van der Waals surface area contributed by atoms with E-state index in [0.717, 1.165) is 6.54 Å². The van der Waals surface area contributed by atoms with E-state index in [1.807, 2.05) is 0 Å². The van der Waals surface area contributed by atoms with Crippen molar-refractivity contribution in [3.05, 3.63) is 0 Å². The van der Waals surface area contributed by atoms with E-state index in [9.17, 15) is 4.79 Å². The molecule has 3 heteroatoms. The van der Waals surface area contributed by atoms with Crippen molar-refractivity contribution in [3.63, 3.8) is 0 Å². The second-order valence-electron chi connectivity index (χ2n) is 8.26. The van der Waals surface area contributed by atoms with Gasteiger partial charge in [-0.25, -0.2) is 0 Å². The Morgan fingerprint density at radius 2 is 1.90 bits per heavy atom. The minimum absolute atomic E-state index is 0.0439. The quantitative estimate of drug-likeness (QED) is 0.857. The van der Waals surface area contributed by atoms with Crippen LogP contribution in [-0.4, -0.2) is 29.6 Å². The van der Waals surface area contributed by atoms with Gasteiger partial charge in [0.25, 0.3) is 0 Å². The monoisotopic (exact) mass is 278 g/mol. The molecule has 0 aromatic carbocycles. The first-order valence-corrected chi connectivity index (χ1v) is 8.46. The van der Waals surface area contributed by atoms with Gasteiger partial charge in [0.15, 0.2) is 0 Å². The van der Waals surface area contributed by atoms with Crippen molar-refractivity contribution in [2.75, 3.05) is 6.54 Å². The number of carbonyl (C=O) groups is 1. The molecule has 114 valence electrons. The predicted octanol–water partition coefficient (Wildman–Crippen LogP) is 3.01.